The lowest BCUT2D eigenvalue weighted by Crippen LogP contribution is -2.20. The number of nitrogens with one attached hydrogen (secondary N) is 1. The fraction of sp³-hybridized carbons (Fsp3) is 0.667. The summed E-state index contributed by atoms with van der Waals surface area (Å²) in [4.78, 5) is 4.28. The molecule has 1 heterocycles. The fourth-order valence-electron chi connectivity index (χ4n) is 2.67. The number of pyridine rings is 1. The van der Waals surface area contributed by atoms with Crippen molar-refractivity contribution in [1.82, 2.24) is 10.3 Å². The first-order valence-corrected chi connectivity index (χ1v) is 7.18. The molecule has 1 saturated carbocycles. The molecule has 0 aliphatic heterocycles. The molecule has 0 bridgehead atoms. The molecule has 0 amide bonds. The third kappa shape index (κ3) is 4.80. The Morgan fingerprint density at radius 2 is 2.21 bits per heavy atom. The number of hydrogen-bond donors (Lipinski definition) is 2. The molecule has 0 saturated heterocycles. The average Bonchev–Trinajstić information content (AvgIpc) is 2.91. The molecule has 1 aliphatic carbocycles. The monoisotopic (exact) mass is 264 g/mol. The van der Waals surface area contributed by atoms with Crippen LogP contribution in [0.15, 0.2) is 18.3 Å². The summed E-state index contributed by atoms with van der Waals surface area (Å²) in [6.45, 7) is 1.12. The second-order valence-electron chi connectivity index (χ2n) is 5.37. The van der Waals surface area contributed by atoms with Crippen molar-refractivity contribution in [1.29, 1.82) is 0 Å². The second-order valence-corrected chi connectivity index (χ2v) is 5.37. The maximum atomic E-state index is 9.95. The Bertz CT molecular complexity index is 361. The number of aliphatic hydroxyl groups excluding tert-OH is 1. The van der Waals surface area contributed by atoms with E-state index in [1.165, 1.54) is 25.7 Å². The van der Waals surface area contributed by atoms with Gasteiger partial charge in [-0.05, 0) is 31.5 Å². The molecule has 1 aliphatic rings. The summed E-state index contributed by atoms with van der Waals surface area (Å²) < 4.78 is 5.58. The normalized spacial score (nSPS) is 17.6. The number of aliphatic hydroxyl groups is 1. The molecule has 4 heteroatoms. The standard InChI is InChI=1S/C15H24N2O2/c1-16-9-13-6-7-15(10-17-13)19-11-14(18)8-12-4-2-3-5-12/h6-7,10,12,14,16,18H,2-5,8-9,11H2,1H3. The highest BCUT2D eigenvalue weighted by atomic mass is 16.5. The number of rotatable bonds is 7. The van der Waals surface area contributed by atoms with Crippen molar-refractivity contribution in [2.45, 2.75) is 44.8 Å². The van der Waals surface area contributed by atoms with E-state index in [2.05, 4.69) is 10.3 Å². The predicted molar refractivity (Wildman–Crippen MR) is 75.1 cm³/mol. The van der Waals surface area contributed by atoms with Crippen LogP contribution in [0, 0.1) is 5.92 Å². The lowest BCUT2D eigenvalue weighted by atomic mass is 10.0. The van der Waals surface area contributed by atoms with Crippen LogP contribution in [-0.2, 0) is 6.54 Å². The summed E-state index contributed by atoms with van der Waals surface area (Å²) in [5, 5.41) is 13.0. The topological polar surface area (TPSA) is 54.4 Å². The third-order valence-corrected chi connectivity index (χ3v) is 3.68. The molecule has 106 valence electrons. The zero-order valence-electron chi connectivity index (χ0n) is 11.6. The minimum atomic E-state index is -0.361. The molecular weight excluding hydrogens is 240 g/mol. The lowest BCUT2D eigenvalue weighted by Gasteiger charge is -2.16. The van der Waals surface area contributed by atoms with E-state index in [0.29, 0.717) is 12.5 Å². The van der Waals surface area contributed by atoms with Gasteiger partial charge in [0, 0.05) is 6.54 Å². The number of ether oxygens (including phenoxy) is 1. The molecule has 2 rings (SSSR count). The van der Waals surface area contributed by atoms with Crippen molar-refractivity contribution in [3.63, 3.8) is 0 Å². The highest BCUT2D eigenvalue weighted by Gasteiger charge is 2.19. The van der Waals surface area contributed by atoms with E-state index in [1.54, 1.807) is 6.20 Å². The average molecular weight is 264 g/mol. The fourth-order valence-corrected chi connectivity index (χ4v) is 2.67. The van der Waals surface area contributed by atoms with E-state index in [9.17, 15) is 5.11 Å². The van der Waals surface area contributed by atoms with Crippen LogP contribution in [0.5, 0.6) is 5.75 Å². The zero-order valence-corrected chi connectivity index (χ0v) is 11.6. The highest BCUT2D eigenvalue weighted by molar-refractivity contribution is 5.19. The van der Waals surface area contributed by atoms with Crippen LogP contribution in [0.2, 0.25) is 0 Å². The van der Waals surface area contributed by atoms with Gasteiger partial charge in [-0.25, -0.2) is 0 Å². The van der Waals surface area contributed by atoms with Gasteiger partial charge >= 0.3 is 0 Å². The van der Waals surface area contributed by atoms with Crippen LogP contribution in [0.1, 0.15) is 37.8 Å². The van der Waals surface area contributed by atoms with Gasteiger partial charge in [0.2, 0.25) is 0 Å². The number of hydrogen-bond acceptors (Lipinski definition) is 4. The minimum Gasteiger partial charge on any atom is -0.489 e. The van der Waals surface area contributed by atoms with Gasteiger partial charge < -0.3 is 15.2 Å². The minimum absolute atomic E-state index is 0.361. The van der Waals surface area contributed by atoms with Gasteiger partial charge in [-0.15, -0.1) is 0 Å². The Morgan fingerprint density at radius 1 is 1.42 bits per heavy atom. The van der Waals surface area contributed by atoms with Crippen LogP contribution in [0.25, 0.3) is 0 Å². The Balaban J connectivity index is 1.71. The van der Waals surface area contributed by atoms with E-state index >= 15 is 0 Å². The van der Waals surface area contributed by atoms with Crippen LogP contribution < -0.4 is 10.1 Å². The summed E-state index contributed by atoms with van der Waals surface area (Å²) in [5.41, 5.74) is 0.987. The van der Waals surface area contributed by atoms with Crippen molar-refractivity contribution >= 4 is 0 Å². The van der Waals surface area contributed by atoms with Crippen LogP contribution >= 0.6 is 0 Å². The van der Waals surface area contributed by atoms with E-state index in [4.69, 9.17) is 4.74 Å². The van der Waals surface area contributed by atoms with Gasteiger partial charge in [0.25, 0.3) is 0 Å². The number of aromatic nitrogens is 1. The first-order valence-electron chi connectivity index (χ1n) is 7.18. The predicted octanol–water partition coefficient (Wildman–Crippen LogP) is 2.12. The van der Waals surface area contributed by atoms with Crippen molar-refractivity contribution in [3.05, 3.63) is 24.0 Å². The molecule has 1 unspecified atom stereocenters. The van der Waals surface area contributed by atoms with E-state index in [0.717, 1.165) is 24.4 Å². The molecule has 1 fully saturated rings. The maximum Gasteiger partial charge on any atom is 0.137 e. The summed E-state index contributed by atoms with van der Waals surface area (Å²) in [7, 11) is 1.89. The molecule has 0 aromatic carbocycles. The number of nitrogens with zero attached hydrogens (tertiary/aromatic N) is 1. The van der Waals surface area contributed by atoms with Gasteiger partial charge in [0.15, 0.2) is 0 Å². The van der Waals surface area contributed by atoms with Crippen molar-refractivity contribution < 1.29 is 9.84 Å². The molecular formula is C15H24N2O2. The third-order valence-electron chi connectivity index (χ3n) is 3.68. The van der Waals surface area contributed by atoms with Crippen molar-refractivity contribution in [2.75, 3.05) is 13.7 Å². The zero-order chi connectivity index (χ0) is 13.5. The van der Waals surface area contributed by atoms with E-state index in [1.807, 2.05) is 19.2 Å². The molecule has 4 nitrogen and oxygen atoms in total. The summed E-state index contributed by atoms with van der Waals surface area (Å²) in [5.74, 6) is 1.42. The van der Waals surface area contributed by atoms with Crippen molar-refractivity contribution in [3.8, 4) is 5.75 Å². The molecule has 1 atom stereocenters. The van der Waals surface area contributed by atoms with Gasteiger partial charge in [0.05, 0.1) is 18.0 Å². The smallest absolute Gasteiger partial charge is 0.137 e. The summed E-state index contributed by atoms with van der Waals surface area (Å²) in [6, 6.07) is 3.84. The lowest BCUT2D eigenvalue weighted by molar-refractivity contribution is 0.0853. The highest BCUT2D eigenvalue weighted by Crippen LogP contribution is 2.28. The Morgan fingerprint density at radius 3 is 2.84 bits per heavy atom. The molecule has 0 spiro atoms. The van der Waals surface area contributed by atoms with Gasteiger partial charge in [-0.3, -0.25) is 4.98 Å². The van der Waals surface area contributed by atoms with Crippen LogP contribution in [-0.4, -0.2) is 29.8 Å². The van der Waals surface area contributed by atoms with E-state index in [-0.39, 0.29) is 6.10 Å². The summed E-state index contributed by atoms with van der Waals surface area (Å²) >= 11 is 0. The Labute approximate surface area is 115 Å². The Kier molecular flexibility index (Phi) is 5.61. The largest absolute Gasteiger partial charge is 0.489 e. The second kappa shape index (κ2) is 7.46. The molecule has 1 aromatic heterocycles. The molecule has 1 aromatic rings. The van der Waals surface area contributed by atoms with Gasteiger partial charge in [-0.1, -0.05) is 25.7 Å². The first kappa shape index (κ1) is 14.3. The van der Waals surface area contributed by atoms with Crippen LogP contribution in [0.3, 0.4) is 0 Å². The molecule has 19 heavy (non-hydrogen) atoms. The SMILES string of the molecule is CNCc1ccc(OCC(O)CC2CCCC2)cn1. The van der Waals surface area contributed by atoms with Gasteiger partial charge in [-0.2, -0.15) is 0 Å². The summed E-state index contributed by atoms with van der Waals surface area (Å²) in [6.07, 6.45) is 7.37. The van der Waals surface area contributed by atoms with Gasteiger partial charge in [0.1, 0.15) is 12.4 Å². The first-order chi connectivity index (χ1) is 9.28. The Hall–Kier alpha value is -1.13. The molecule has 0 radical (unpaired) electrons. The molecule has 2 N–H and O–H groups in total. The quantitative estimate of drug-likeness (QED) is 0.792. The van der Waals surface area contributed by atoms with Crippen LogP contribution in [0.4, 0.5) is 0 Å². The van der Waals surface area contributed by atoms with Crippen molar-refractivity contribution in [2.24, 2.45) is 5.92 Å². The maximum absolute atomic E-state index is 9.95. The van der Waals surface area contributed by atoms with E-state index < -0.39 is 0 Å².